The van der Waals surface area contributed by atoms with Crippen molar-refractivity contribution in [3.8, 4) is 5.75 Å². The summed E-state index contributed by atoms with van der Waals surface area (Å²) >= 11 is 0. The number of rotatable bonds is 9. The predicted molar refractivity (Wildman–Crippen MR) is 114 cm³/mol. The largest absolute Gasteiger partial charge is 0.494 e. The van der Waals surface area contributed by atoms with E-state index in [1.807, 2.05) is 12.1 Å². The molecule has 0 amide bonds. The molecule has 28 heavy (non-hydrogen) atoms. The van der Waals surface area contributed by atoms with Gasteiger partial charge in [-0.15, -0.1) is 0 Å². The van der Waals surface area contributed by atoms with Gasteiger partial charge in [0.25, 0.3) is 0 Å². The SMILES string of the molecule is CCCOc1cccc(CCNC(=NCc2ncc(C(C)(C)C)o2)NCC)c1. The molecule has 0 atom stereocenters. The summed E-state index contributed by atoms with van der Waals surface area (Å²) in [5.41, 5.74) is 1.19. The van der Waals surface area contributed by atoms with Crippen LogP contribution in [0.25, 0.3) is 0 Å². The van der Waals surface area contributed by atoms with Gasteiger partial charge in [-0.05, 0) is 37.5 Å². The number of nitrogens with zero attached hydrogens (tertiary/aromatic N) is 2. The fraction of sp³-hybridized carbons (Fsp3) is 0.545. The van der Waals surface area contributed by atoms with Crippen molar-refractivity contribution in [1.82, 2.24) is 15.6 Å². The van der Waals surface area contributed by atoms with E-state index in [2.05, 4.69) is 67.4 Å². The molecule has 0 aliphatic heterocycles. The number of oxazole rings is 1. The molecule has 0 radical (unpaired) electrons. The van der Waals surface area contributed by atoms with E-state index in [9.17, 15) is 0 Å². The Hall–Kier alpha value is -2.50. The molecule has 6 nitrogen and oxygen atoms in total. The van der Waals surface area contributed by atoms with Gasteiger partial charge in [0, 0.05) is 18.5 Å². The summed E-state index contributed by atoms with van der Waals surface area (Å²) < 4.78 is 11.5. The summed E-state index contributed by atoms with van der Waals surface area (Å²) in [7, 11) is 0. The monoisotopic (exact) mass is 386 g/mol. The van der Waals surface area contributed by atoms with E-state index >= 15 is 0 Å². The minimum Gasteiger partial charge on any atom is -0.494 e. The minimum absolute atomic E-state index is 0.0485. The summed E-state index contributed by atoms with van der Waals surface area (Å²) in [5, 5.41) is 6.63. The molecule has 2 aromatic rings. The van der Waals surface area contributed by atoms with Gasteiger partial charge in [-0.1, -0.05) is 39.8 Å². The van der Waals surface area contributed by atoms with E-state index in [0.29, 0.717) is 12.4 Å². The van der Waals surface area contributed by atoms with E-state index in [-0.39, 0.29) is 5.41 Å². The Balaban J connectivity index is 1.88. The first-order valence-electron chi connectivity index (χ1n) is 10.1. The van der Waals surface area contributed by atoms with Crippen LogP contribution >= 0.6 is 0 Å². The standard InChI is InChI=1S/C22H34N4O2/c1-6-13-27-18-10-8-9-17(14-18)11-12-24-21(23-7-2)26-16-20-25-15-19(28-20)22(3,4)5/h8-10,14-15H,6-7,11-13,16H2,1-5H3,(H2,23,24,26). The second-order valence-corrected chi connectivity index (χ2v) is 7.74. The average Bonchev–Trinajstić information content (AvgIpc) is 3.14. The molecule has 0 saturated carbocycles. The highest BCUT2D eigenvalue weighted by atomic mass is 16.5. The maximum absolute atomic E-state index is 5.81. The van der Waals surface area contributed by atoms with E-state index in [1.54, 1.807) is 6.20 Å². The molecule has 0 spiro atoms. The fourth-order valence-electron chi connectivity index (χ4n) is 2.55. The fourth-order valence-corrected chi connectivity index (χ4v) is 2.55. The van der Waals surface area contributed by atoms with Crippen LogP contribution in [0.4, 0.5) is 0 Å². The van der Waals surface area contributed by atoms with Crippen LogP contribution < -0.4 is 15.4 Å². The van der Waals surface area contributed by atoms with Crippen molar-refractivity contribution in [1.29, 1.82) is 0 Å². The third kappa shape index (κ3) is 7.25. The number of aromatic nitrogens is 1. The Morgan fingerprint density at radius 2 is 2.04 bits per heavy atom. The summed E-state index contributed by atoms with van der Waals surface area (Å²) in [6.07, 6.45) is 3.69. The van der Waals surface area contributed by atoms with Gasteiger partial charge in [0.15, 0.2) is 5.96 Å². The highest BCUT2D eigenvalue weighted by Crippen LogP contribution is 2.22. The predicted octanol–water partition coefficient (Wildman–Crippen LogP) is 4.06. The van der Waals surface area contributed by atoms with Gasteiger partial charge < -0.3 is 19.8 Å². The molecule has 2 rings (SSSR count). The van der Waals surface area contributed by atoms with Crippen LogP contribution in [0.2, 0.25) is 0 Å². The molecule has 1 aromatic carbocycles. The minimum atomic E-state index is -0.0485. The Morgan fingerprint density at radius 1 is 1.21 bits per heavy atom. The third-order valence-corrected chi connectivity index (χ3v) is 4.09. The molecular weight excluding hydrogens is 352 g/mol. The van der Waals surface area contributed by atoms with E-state index in [0.717, 1.165) is 50.0 Å². The van der Waals surface area contributed by atoms with Gasteiger partial charge in [0.05, 0.1) is 12.8 Å². The van der Waals surface area contributed by atoms with Crippen molar-refractivity contribution in [3.63, 3.8) is 0 Å². The summed E-state index contributed by atoms with van der Waals surface area (Å²) in [6.45, 7) is 13.2. The van der Waals surface area contributed by atoms with Crippen LogP contribution in [0.3, 0.4) is 0 Å². The molecule has 0 aliphatic carbocycles. The van der Waals surface area contributed by atoms with Crippen molar-refractivity contribution < 1.29 is 9.15 Å². The maximum Gasteiger partial charge on any atom is 0.216 e. The topological polar surface area (TPSA) is 71.7 Å². The van der Waals surface area contributed by atoms with Crippen LogP contribution in [0, 0.1) is 0 Å². The van der Waals surface area contributed by atoms with Gasteiger partial charge in [-0.3, -0.25) is 0 Å². The lowest BCUT2D eigenvalue weighted by Crippen LogP contribution is -2.38. The van der Waals surface area contributed by atoms with Crippen LogP contribution in [0.15, 0.2) is 39.9 Å². The number of nitrogens with one attached hydrogen (secondary N) is 2. The van der Waals surface area contributed by atoms with Crippen molar-refractivity contribution >= 4 is 5.96 Å². The molecule has 1 heterocycles. The second kappa shape index (κ2) is 10.7. The van der Waals surface area contributed by atoms with Gasteiger partial charge in [-0.25, -0.2) is 9.98 Å². The Kier molecular flexibility index (Phi) is 8.36. The number of aliphatic imine (C=N–C) groups is 1. The van der Waals surface area contributed by atoms with E-state index < -0.39 is 0 Å². The Bertz CT molecular complexity index is 747. The molecule has 2 N–H and O–H groups in total. The van der Waals surface area contributed by atoms with Gasteiger partial charge in [-0.2, -0.15) is 0 Å². The highest BCUT2D eigenvalue weighted by Gasteiger charge is 2.19. The van der Waals surface area contributed by atoms with E-state index in [1.165, 1.54) is 5.56 Å². The smallest absolute Gasteiger partial charge is 0.216 e. The van der Waals surface area contributed by atoms with Crippen LogP contribution in [0.5, 0.6) is 5.75 Å². The molecule has 0 aliphatic rings. The van der Waals surface area contributed by atoms with Crippen molar-refractivity contribution in [2.75, 3.05) is 19.7 Å². The zero-order valence-corrected chi connectivity index (χ0v) is 17.8. The van der Waals surface area contributed by atoms with E-state index in [4.69, 9.17) is 9.15 Å². The maximum atomic E-state index is 5.81. The summed E-state index contributed by atoms with van der Waals surface area (Å²) in [6, 6.07) is 8.25. The summed E-state index contributed by atoms with van der Waals surface area (Å²) in [4.78, 5) is 8.92. The normalized spacial score (nSPS) is 12.1. The van der Waals surface area contributed by atoms with Gasteiger partial charge >= 0.3 is 0 Å². The molecule has 0 saturated heterocycles. The van der Waals surface area contributed by atoms with Gasteiger partial charge in [0.1, 0.15) is 18.1 Å². The molecule has 0 unspecified atom stereocenters. The Labute approximate surface area is 168 Å². The lowest BCUT2D eigenvalue weighted by Gasteiger charge is -2.13. The van der Waals surface area contributed by atoms with Crippen LogP contribution in [-0.4, -0.2) is 30.6 Å². The highest BCUT2D eigenvalue weighted by molar-refractivity contribution is 5.79. The number of hydrogen-bond donors (Lipinski definition) is 2. The molecule has 6 heteroatoms. The van der Waals surface area contributed by atoms with Crippen LogP contribution in [0.1, 0.15) is 58.3 Å². The number of guanidine groups is 1. The summed E-state index contributed by atoms with van der Waals surface area (Å²) in [5.74, 6) is 3.19. The quantitative estimate of drug-likeness (QED) is 0.502. The van der Waals surface area contributed by atoms with Gasteiger partial charge in [0.2, 0.25) is 5.89 Å². The number of benzene rings is 1. The average molecular weight is 387 g/mol. The van der Waals surface area contributed by atoms with Crippen molar-refractivity contribution in [3.05, 3.63) is 47.7 Å². The molecule has 154 valence electrons. The molecular formula is C22H34N4O2. The molecule has 1 aromatic heterocycles. The second-order valence-electron chi connectivity index (χ2n) is 7.74. The Morgan fingerprint density at radius 3 is 2.71 bits per heavy atom. The lowest BCUT2D eigenvalue weighted by molar-refractivity contribution is 0.317. The molecule has 0 fully saturated rings. The first-order chi connectivity index (χ1) is 13.4. The first-order valence-corrected chi connectivity index (χ1v) is 10.1. The number of ether oxygens (including phenoxy) is 1. The van der Waals surface area contributed by atoms with Crippen molar-refractivity contribution in [2.45, 2.75) is 59.4 Å². The zero-order valence-electron chi connectivity index (χ0n) is 17.8. The van der Waals surface area contributed by atoms with Crippen LogP contribution in [-0.2, 0) is 18.4 Å². The third-order valence-electron chi connectivity index (χ3n) is 4.09. The first kappa shape index (κ1) is 21.8. The zero-order chi connectivity index (χ0) is 20.4. The van der Waals surface area contributed by atoms with Crippen molar-refractivity contribution in [2.24, 2.45) is 4.99 Å². The molecule has 0 bridgehead atoms. The number of hydrogen-bond acceptors (Lipinski definition) is 4. The lowest BCUT2D eigenvalue weighted by atomic mass is 9.94.